The van der Waals surface area contributed by atoms with Gasteiger partial charge in [-0.05, 0) is 24.6 Å². The Hall–Kier alpha value is -2.84. The predicted octanol–water partition coefficient (Wildman–Crippen LogP) is 3.81. The van der Waals surface area contributed by atoms with Crippen molar-refractivity contribution in [3.63, 3.8) is 0 Å². The maximum absolute atomic E-state index is 15.1. The van der Waals surface area contributed by atoms with Crippen LogP contribution in [0.4, 0.5) is 10.1 Å². The highest BCUT2D eigenvalue weighted by atomic mass is 32.2. The van der Waals surface area contributed by atoms with Crippen LogP contribution in [0.15, 0.2) is 52.3 Å². The normalized spacial score (nSPS) is 17.9. The summed E-state index contributed by atoms with van der Waals surface area (Å²) in [6.45, 7) is 4.07. The van der Waals surface area contributed by atoms with Crippen molar-refractivity contribution in [3.8, 4) is 0 Å². The first kappa shape index (κ1) is 20.1. The van der Waals surface area contributed by atoms with E-state index in [-0.39, 0.29) is 22.9 Å². The molecule has 160 valence electrons. The van der Waals surface area contributed by atoms with E-state index in [0.717, 1.165) is 5.56 Å². The molecule has 31 heavy (non-hydrogen) atoms. The summed E-state index contributed by atoms with van der Waals surface area (Å²) in [4.78, 5) is 27.7. The number of esters is 1. The summed E-state index contributed by atoms with van der Waals surface area (Å²) >= 11 is 1.44. The molecule has 0 spiro atoms. The second-order valence-electron chi connectivity index (χ2n) is 7.40. The summed E-state index contributed by atoms with van der Waals surface area (Å²) in [5.41, 5.74) is 1.58. The Bertz CT molecular complexity index is 1220. The largest absolute Gasteiger partial charge is 0.462 e. The second-order valence-corrected chi connectivity index (χ2v) is 8.47. The van der Waals surface area contributed by atoms with E-state index >= 15 is 4.39 Å². The zero-order valence-electron chi connectivity index (χ0n) is 17.0. The quantitative estimate of drug-likeness (QED) is 0.575. The minimum Gasteiger partial charge on any atom is -0.462 e. The number of carbonyl (C=O) groups is 1. The summed E-state index contributed by atoms with van der Waals surface area (Å²) in [7, 11) is 0. The molecule has 2 aliphatic heterocycles. The number of halogens is 1. The molecule has 2 aromatic carbocycles. The summed E-state index contributed by atoms with van der Waals surface area (Å²) in [5, 5.41) is 0.627. The summed E-state index contributed by atoms with van der Waals surface area (Å²) in [6.07, 6.45) is 0. The smallest absolute Gasteiger partial charge is 0.344 e. The Kier molecular flexibility index (Phi) is 5.19. The number of nitrogens with zero attached hydrogens (tertiary/aromatic N) is 2. The van der Waals surface area contributed by atoms with Crippen molar-refractivity contribution in [1.29, 1.82) is 0 Å². The average molecular weight is 440 g/mol. The van der Waals surface area contributed by atoms with E-state index in [0.29, 0.717) is 42.5 Å². The molecular weight excluding hydrogens is 419 g/mol. The van der Waals surface area contributed by atoms with Gasteiger partial charge in [0.1, 0.15) is 16.8 Å². The molecule has 1 aromatic heterocycles. The number of thioether (sulfide) groups is 1. The molecule has 0 aliphatic carbocycles. The maximum atomic E-state index is 15.1. The fourth-order valence-corrected chi connectivity index (χ4v) is 5.40. The lowest BCUT2D eigenvalue weighted by molar-refractivity contribution is 0.0518. The first-order chi connectivity index (χ1) is 15.1. The molecular formula is C23H21FN2O4S. The number of morpholine rings is 1. The number of benzene rings is 2. The molecule has 1 saturated heterocycles. The molecule has 6 nitrogen and oxygen atoms in total. The van der Waals surface area contributed by atoms with Gasteiger partial charge in [0.15, 0.2) is 0 Å². The number of carbonyl (C=O) groups excluding carboxylic acids is 1. The van der Waals surface area contributed by atoms with Crippen molar-refractivity contribution in [1.82, 2.24) is 4.57 Å². The number of fused-ring (bicyclic) bond motifs is 3. The van der Waals surface area contributed by atoms with E-state index in [4.69, 9.17) is 9.47 Å². The number of hydrogen-bond donors (Lipinski definition) is 0. The maximum Gasteiger partial charge on any atom is 0.344 e. The minimum atomic E-state index is -0.671. The van der Waals surface area contributed by atoms with Crippen LogP contribution in [0.5, 0.6) is 0 Å². The second kappa shape index (κ2) is 8.01. The lowest BCUT2D eigenvalue weighted by atomic mass is 10.1. The lowest BCUT2D eigenvalue weighted by Gasteiger charge is -2.36. The van der Waals surface area contributed by atoms with Crippen molar-refractivity contribution in [2.24, 2.45) is 0 Å². The Morgan fingerprint density at radius 3 is 2.68 bits per heavy atom. The zero-order valence-corrected chi connectivity index (χ0v) is 17.8. The van der Waals surface area contributed by atoms with Gasteiger partial charge in [-0.25, -0.2) is 9.18 Å². The SMILES string of the molecule is CCOC(=O)c1c2n(c3cc(N4CCOCC4)c(F)cc3c1=O)C(c1ccccc1)S2. The van der Waals surface area contributed by atoms with Crippen LogP contribution in [-0.4, -0.2) is 43.4 Å². The number of rotatable bonds is 4. The molecule has 0 saturated carbocycles. The molecule has 0 radical (unpaired) electrons. The topological polar surface area (TPSA) is 60.8 Å². The van der Waals surface area contributed by atoms with Gasteiger partial charge < -0.3 is 18.9 Å². The molecule has 3 heterocycles. The highest BCUT2D eigenvalue weighted by Gasteiger charge is 2.37. The van der Waals surface area contributed by atoms with Gasteiger partial charge in [0.05, 0.1) is 36.1 Å². The van der Waals surface area contributed by atoms with Gasteiger partial charge in [-0.15, -0.1) is 0 Å². The van der Waals surface area contributed by atoms with E-state index in [1.54, 1.807) is 13.0 Å². The Morgan fingerprint density at radius 2 is 1.97 bits per heavy atom. The van der Waals surface area contributed by atoms with Crippen molar-refractivity contribution in [2.45, 2.75) is 17.3 Å². The van der Waals surface area contributed by atoms with Crippen molar-refractivity contribution in [2.75, 3.05) is 37.8 Å². The third kappa shape index (κ3) is 3.30. The monoisotopic (exact) mass is 440 g/mol. The number of anilines is 1. The van der Waals surface area contributed by atoms with Gasteiger partial charge in [0.2, 0.25) is 5.43 Å². The predicted molar refractivity (Wildman–Crippen MR) is 118 cm³/mol. The van der Waals surface area contributed by atoms with Crippen LogP contribution in [-0.2, 0) is 9.47 Å². The van der Waals surface area contributed by atoms with Crippen molar-refractivity contribution >= 4 is 34.3 Å². The number of ether oxygens (including phenoxy) is 2. The fraction of sp³-hybridized carbons (Fsp3) is 0.304. The third-order valence-corrected chi connectivity index (χ3v) is 6.93. The summed E-state index contributed by atoms with van der Waals surface area (Å²) in [5.74, 6) is -1.15. The first-order valence-corrected chi connectivity index (χ1v) is 11.1. The molecule has 8 heteroatoms. The molecule has 1 atom stereocenters. The zero-order chi connectivity index (χ0) is 21.5. The van der Waals surface area contributed by atoms with Crippen molar-refractivity contribution in [3.05, 3.63) is 69.6 Å². The molecule has 1 unspecified atom stereocenters. The van der Waals surface area contributed by atoms with E-state index in [2.05, 4.69) is 0 Å². The number of hydrogen-bond acceptors (Lipinski definition) is 6. The van der Waals surface area contributed by atoms with Gasteiger partial charge in [0.25, 0.3) is 0 Å². The first-order valence-electron chi connectivity index (χ1n) is 10.2. The van der Waals surface area contributed by atoms with Crippen LogP contribution in [0.2, 0.25) is 0 Å². The molecule has 1 fully saturated rings. The average Bonchev–Trinajstić information content (AvgIpc) is 2.77. The molecule has 0 amide bonds. The molecule has 3 aromatic rings. The van der Waals surface area contributed by atoms with Crippen LogP contribution in [0.3, 0.4) is 0 Å². The van der Waals surface area contributed by atoms with Gasteiger partial charge in [-0.2, -0.15) is 0 Å². The molecule has 2 aliphatic rings. The van der Waals surface area contributed by atoms with Crippen LogP contribution in [0.25, 0.3) is 10.9 Å². The highest BCUT2D eigenvalue weighted by molar-refractivity contribution is 8.00. The van der Waals surface area contributed by atoms with Crippen LogP contribution in [0.1, 0.15) is 28.2 Å². The third-order valence-electron chi connectivity index (χ3n) is 5.60. The minimum absolute atomic E-state index is 0.0231. The standard InChI is InChI=1S/C23H21FN2O4S/c1-2-30-23(28)19-20(27)15-12-16(24)18(25-8-10-29-11-9-25)13-17(15)26-21(31-22(19)26)14-6-4-3-5-7-14/h3-7,12-13,21H,2,8-11H2,1H3. The lowest BCUT2D eigenvalue weighted by Crippen LogP contribution is -2.37. The van der Waals surface area contributed by atoms with E-state index in [1.165, 1.54) is 17.8 Å². The van der Waals surface area contributed by atoms with Crippen LogP contribution < -0.4 is 10.3 Å². The molecule has 5 rings (SSSR count). The summed E-state index contributed by atoms with van der Waals surface area (Å²) < 4.78 is 27.6. The van der Waals surface area contributed by atoms with E-state index < -0.39 is 17.2 Å². The Balaban J connectivity index is 1.75. The van der Waals surface area contributed by atoms with Crippen LogP contribution >= 0.6 is 11.8 Å². The Labute approximate surface area is 182 Å². The fourth-order valence-electron chi connectivity index (χ4n) is 4.12. The van der Waals surface area contributed by atoms with E-state index in [1.807, 2.05) is 39.8 Å². The Morgan fingerprint density at radius 1 is 1.23 bits per heavy atom. The molecule has 0 N–H and O–H groups in total. The van der Waals surface area contributed by atoms with Gasteiger partial charge in [-0.1, -0.05) is 42.1 Å². The van der Waals surface area contributed by atoms with Gasteiger partial charge in [0, 0.05) is 18.5 Å². The number of aromatic nitrogens is 1. The van der Waals surface area contributed by atoms with Gasteiger partial charge >= 0.3 is 5.97 Å². The van der Waals surface area contributed by atoms with Crippen molar-refractivity contribution < 1.29 is 18.7 Å². The number of pyridine rings is 1. The molecule has 0 bridgehead atoms. The summed E-state index contributed by atoms with van der Waals surface area (Å²) in [6, 6.07) is 12.8. The van der Waals surface area contributed by atoms with Gasteiger partial charge in [-0.3, -0.25) is 4.79 Å². The van der Waals surface area contributed by atoms with Crippen LogP contribution in [0, 0.1) is 5.82 Å². The highest BCUT2D eigenvalue weighted by Crippen LogP contribution is 2.50. The van der Waals surface area contributed by atoms with E-state index in [9.17, 15) is 9.59 Å².